The summed E-state index contributed by atoms with van der Waals surface area (Å²) in [5.74, 6) is 0.340. The van der Waals surface area contributed by atoms with Gasteiger partial charge in [0.05, 0.1) is 6.10 Å². The summed E-state index contributed by atoms with van der Waals surface area (Å²) in [7, 11) is -0.378. The maximum absolute atomic E-state index is 12.6. The molecule has 0 aliphatic carbocycles. The summed E-state index contributed by atoms with van der Waals surface area (Å²) in [4.78, 5) is 4.24. The van der Waals surface area contributed by atoms with Gasteiger partial charge in [0.25, 0.3) is 0 Å². The van der Waals surface area contributed by atoms with Crippen LogP contribution in [-0.2, 0) is 14.8 Å². The summed E-state index contributed by atoms with van der Waals surface area (Å²) in [6.07, 6.45) is 3.42. The van der Waals surface area contributed by atoms with Gasteiger partial charge in [0.2, 0.25) is 10.0 Å². The van der Waals surface area contributed by atoms with Crippen LogP contribution in [0.3, 0.4) is 0 Å². The molecule has 1 saturated heterocycles. The average molecular weight is 364 g/mol. The monoisotopic (exact) mass is 363 g/mol. The van der Waals surface area contributed by atoms with Crippen molar-refractivity contribution in [3.05, 3.63) is 16.7 Å². The van der Waals surface area contributed by atoms with E-state index < -0.39 is 10.0 Å². The Morgan fingerprint density at radius 2 is 2.35 bits per heavy atom. The van der Waals surface area contributed by atoms with Crippen LogP contribution in [0.1, 0.15) is 12.8 Å². The van der Waals surface area contributed by atoms with Crippen molar-refractivity contribution in [3.8, 4) is 0 Å². The predicted octanol–water partition coefficient (Wildman–Crippen LogP) is 1.69. The van der Waals surface area contributed by atoms with Gasteiger partial charge in [-0.25, -0.2) is 13.4 Å². The largest absolute Gasteiger partial charge is 0.377 e. The molecule has 1 fully saturated rings. The molecule has 1 unspecified atom stereocenters. The maximum Gasteiger partial charge on any atom is 0.246 e. The van der Waals surface area contributed by atoms with E-state index in [2.05, 4.69) is 26.2 Å². The second-order valence-corrected chi connectivity index (χ2v) is 7.60. The molecule has 0 radical (unpaired) electrons. The second-order valence-electron chi connectivity index (χ2n) is 4.67. The number of aromatic nitrogens is 1. The molecule has 2 rings (SSSR count). The summed E-state index contributed by atoms with van der Waals surface area (Å²) < 4.78 is 32.7. The van der Waals surface area contributed by atoms with Crippen LogP contribution in [0.4, 0.5) is 5.82 Å². The molecule has 20 heavy (non-hydrogen) atoms. The van der Waals surface area contributed by atoms with Gasteiger partial charge < -0.3 is 10.1 Å². The number of anilines is 1. The lowest BCUT2D eigenvalue weighted by molar-refractivity contribution is 0.0979. The van der Waals surface area contributed by atoms with Gasteiger partial charge in [-0.2, -0.15) is 4.31 Å². The van der Waals surface area contributed by atoms with Crippen LogP contribution < -0.4 is 5.32 Å². The third-order valence-corrected chi connectivity index (χ3v) is 5.50. The van der Waals surface area contributed by atoms with E-state index in [1.807, 2.05) is 0 Å². The molecule has 112 valence electrons. The van der Waals surface area contributed by atoms with Crippen molar-refractivity contribution in [3.63, 3.8) is 0 Å². The summed E-state index contributed by atoms with van der Waals surface area (Å²) in [6.45, 7) is 1.07. The van der Waals surface area contributed by atoms with Crippen molar-refractivity contribution in [1.29, 1.82) is 0 Å². The fourth-order valence-corrected chi connectivity index (χ4v) is 4.00. The van der Waals surface area contributed by atoms with E-state index in [0.717, 1.165) is 12.8 Å². The van der Waals surface area contributed by atoms with Crippen LogP contribution >= 0.6 is 15.9 Å². The summed E-state index contributed by atoms with van der Waals surface area (Å²) in [5, 5.41) is 2.81. The lowest BCUT2D eigenvalue weighted by Gasteiger charge is -2.21. The highest BCUT2D eigenvalue weighted by Crippen LogP contribution is 2.26. The third-order valence-electron chi connectivity index (χ3n) is 3.23. The number of nitrogens with one attached hydrogen (secondary N) is 1. The van der Waals surface area contributed by atoms with Crippen LogP contribution in [0.5, 0.6) is 0 Å². The van der Waals surface area contributed by atoms with Crippen LogP contribution in [0.2, 0.25) is 0 Å². The molecule has 6 nitrogen and oxygen atoms in total. The van der Waals surface area contributed by atoms with Crippen molar-refractivity contribution >= 4 is 31.8 Å². The molecule has 0 aromatic carbocycles. The Hall–Kier alpha value is -0.700. The normalized spacial score (nSPS) is 19.5. The smallest absolute Gasteiger partial charge is 0.246 e. The van der Waals surface area contributed by atoms with Gasteiger partial charge in [0, 0.05) is 37.9 Å². The quantitative estimate of drug-likeness (QED) is 0.861. The molecule has 1 aliphatic rings. The highest BCUT2D eigenvalue weighted by atomic mass is 79.9. The Kier molecular flexibility index (Phi) is 5.00. The van der Waals surface area contributed by atoms with E-state index in [-0.39, 0.29) is 11.0 Å². The highest BCUT2D eigenvalue weighted by Gasteiger charge is 2.28. The van der Waals surface area contributed by atoms with E-state index in [0.29, 0.717) is 23.4 Å². The number of nitrogens with zero attached hydrogens (tertiary/aromatic N) is 2. The first-order valence-corrected chi connectivity index (χ1v) is 8.59. The predicted molar refractivity (Wildman–Crippen MR) is 80.3 cm³/mol. The van der Waals surface area contributed by atoms with Crippen molar-refractivity contribution in [2.45, 2.75) is 23.8 Å². The van der Waals surface area contributed by atoms with Gasteiger partial charge in [0.1, 0.15) is 10.7 Å². The van der Waals surface area contributed by atoms with Crippen molar-refractivity contribution < 1.29 is 13.2 Å². The molecule has 1 atom stereocenters. The summed E-state index contributed by atoms with van der Waals surface area (Å²) >= 11 is 3.26. The minimum atomic E-state index is -3.59. The second kappa shape index (κ2) is 6.38. The molecule has 1 aliphatic heterocycles. The highest BCUT2D eigenvalue weighted by molar-refractivity contribution is 9.10. The fraction of sp³-hybridized carbons (Fsp3) is 0.583. The van der Waals surface area contributed by atoms with Gasteiger partial charge >= 0.3 is 0 Å². The number of sulfonamides is 1. The molecule has 1 aromatic rings. The zero-order valence-electron chi connectivity index (χ0n) is 11.5. The Bertz CT molecular complexity index is 573. The van der Waals surface area contributed by atoms with Crippen LogP contribution in [-0.4, -0.2) is 51.1 Å². The number of pyridine rings is 1. The van der Waals surface area contributed by atoms with E-state index in [9.17, 15) is 8.42 Å². The van der Waals surface area contributed by atoms with E-state index in [4.69, 9.17) is 4.74 Å². The number of rotatable bonds is 5. The minimum absolute atomic E-state index is 0.0204. The van der Waals surface area contributed by atoms with Crippen molar-refractivity contribution in [2.24, 2.45) is 0 Å². The number of hydrogen-bond donors (Lipinski definition) is 1. The van der Waals surface area contributed by atoms with Gasteiger partial charge in [0.15, 0.2) is 0 Å². The molecule has 2 heterocycles. The Morgan fingerprint density at radius 3 is 2.95 bits per heavy atom. The molecule has 0 spiro atoms. The van der Waals surface area contributed by atoms with Gasteiger partial charge in [-0.3, -0.25) is 0 Å². The molecular weight excluding hydrogens is 346 g/mol. The standard InChI is InChI=1S/C12H18BrN3O3S/c1-14-12-11(6-9(13)7-15-12)20(17,18)16(2)8-10-4-3-5-19-10/h6-7,10H,3-5,8H2,1-2H3,(H,14,15). The van der Waals surface area contributed by atoms with E-state index in [1.54, 1.807) is 26.4 Å². The number of likely N-dealkylation sites (N-methyl/N-ethyl adjacent to an activating group) is 1. The van der Waals surface area contributed by atoms with E-state index in [1.165, 1.54) is 4.31 Å². The Morgan fingerprint density at radius 1 is 1.60 bits per heavy atom. The molecule has 0 amide bonds. The summed E-state index contributed by atoms with van der Waals surface area (Å²) in [6, 6.07) is 1.56. The Labute approximate surface area is 127 Å². The lowest BCUT2D eigenvalue weighted by atomic mass is 10.2. The Balaban J connectivity index is 2.26. The maximum atomic E-state index is 12.6. The van der Waals surface area contributed by atoms with Crippen LogP contribution in [0.25, 0.3) is 0 Å². The zero-order chi connectivity index (χ0) is 14.8. The first-order valence-electron chi connectivity index (χ1n) is 6.36. The SMILES string of the molecule is CNc1ncc(Br)cc1S(=O)(=O)N(C)CC1CCCO1. The molecule has 0 saturated carbocycles. The number of hydrogen-bond acceptors (Lipinski definition) is 5. The molecular formula is C12H18BrN3O3S. The van der Waals surface area contributed by atoms with Gasteiger partial charge in [-0.1, -0.05) is 0 Å². The topological polar surface area (TPSA) is 71.5 Å². The van der Waals surface area contributed by atoms with Crippen LogP contribution in [0, 0.1) is 0 Å². The average Bonchev–Trinajstić information content (AvgIpc) is 2.91. The van der Waals surface area contributed by atoms with Crippen LogP contribution in [0.15, 0.2) is 21.6 Å². The van der Waals surface area contributed by atoms with E-state index >= 15 is 0 Å². The third kappa shape index (κ3) is 3.30. The number of ether oxygens (including phenoxy) is 1. The van der Waals surface area contributed by atoms with Gasteiger partial charge in [-0.15, -0.1) is 0 Å². The minimum Gasteiger partial charge on any atom is -0.377 e. The van der Waals surface area contributed by atoms with Crippen molar-refractivity contribution in [2.75, 3.05) is 32.6 Å². The zero-order valence-corrected chi connectivity index (χ0v) is 13.9. The van der Waals surface area contributed by atoms with Crippen molar-refractivity contribution in [1.82, 2.24) is 9.29 Å². The summed E-state index contributed by atoms with van der Waals surface area (Å²) in [5.41, 5.74) is 0. The molecule has 0 bridgehead atoms. The molecule has 8 heteroatoms. The first-order chi connectivity index (χ1) is 9.45. The lowest BCUT2D eigenvalue weighted by Crippen LogP contribution is -2.34. The molecule has 1 N–H and O–H groups in total. The first kappa shape index (κ1) is 15.7. The number of halogens is 1. The molecule has 1 aromatic heterocycles. The fourth-order valence-electron chi connectivity index (χ4n) is 2.15. The van der Waals surface area contributed by atoms with Gasteiger partial charge in [-0.05, 0) is 34.8 Å².